The number of benzene rings is 1. The topological polar surface area (TPSA) is 138 Å². The summed E-state index contributed by atoms with van der Waals surface area (Å²) in [6.45, 7) is 7.40. The van der Waals surface area contributed by atoms with Crippen molar-refractivity contribution in [1.29, 1.82) is 0 Å². The lowest BCUT2D eigenvalue weighted by molar-refractivity contribution is -0.0114. The number of aromatic nitrogens is 2. The number of aliphatic hydroxyl groups excluding tert-OH is 1. The highest BCUT2D eigenvalue weighted by Crippen LogP contribution is 2.30. The van der Waals surface area contributed by atoms with Crippen LogP contribution in [0.2, 0.25) is 0 Å². The molecule has 1 aromatic carbocycles. The van der Waals surface area contributed by atoms with E-state index in [9.17, 15) is 14.7 Å². The molecule has 12 heteroatoms. The molecule has 5 rings (SSSR count). The average molecular weight is 611 g/mol. The number of nitrogens with one attached hydrogen (secondary N) is 2. The second kappa shape index (κ2) is 14.0. The van der Waals surface area contributed by atoms with Gasteiger partial charge in [-0.1, -0.05) is 6.07 Å². The third-order valence-corrected chi connectivity index (χ3v) is 8.28. The fraction of sp³-hybridized carbons (Fsp3) is 0.625. The number of hydrogen-bond acceptors (Lipinski definition) is 10. The molecule has 3 heterocycles. The van der Waals surface area contributed by atoms with Gasteiger partial charge in [0, 0.05) is 45.4 Å². The van der Waals surface area contributed by atoms with Crippen molar-refractivity contribution in [3.05, 3.63) is 41.1 Å². The van der Waals surface area contributed by atoms with E-state index in [1.54, 1.807) is 33.9 Å². The Hall–Kier alpha value is -3.64. The first-order valence-corrected chi connectivity index (χ1v) is 15.7. The van der Waals surface area contributed by atoms with Gasteiger partial charge in [0.15, 0.2) is 6.79 Å². The molecule has 1 saturated carbocycles. The summed E-state index contributed by atoms with van der Waals surface area (Å²) in [5.74, 6) is 1.42. The van der Waals surface area contributed by atoms with Gasteiger partial charge in [0.1, 0.15) is 22.9 Å². The van der Waals surface area contributed by atoms with Crippen LogP contribution in [0.25, 0.3) is 0 Å². The smallest absolute Gasteiger partial charge is 0.410 e. The summed E-state index contributed by atoms with van der Waals surface area (Å²) >= 11 is 0. The number of nitrogens with zero attached hydrogens (tertiary/aromatic N) is 4. The van der Waals surface area contributed by atoms with Gasteiger partial charge in [0.25, 0.3) is 5.91 Å². The standard InChI is InChI=1S/C32H46N6O6/c1-32(2,3)44-31(41)38-19-22-15-24(43-20-42-4)12-11-21(22)16-26(38)27(39)18-33-29(40)25-17-28(34-23-9-8-10-23)36-30(35-25)37-13-6-5-7-14-37/h11-12,15,17,23,26-27,39H,5-10,13-14,16,18-20H2,1-4H3,(H,33,40)(H,34,35,36)/t26-,27+/m0/s1. The van der Waals surface area contributed by atoms with E-state index in [2.05, 4.69) is 20.5 Å². The summed E-state index contributed by atoms with van der Waals surface area (Å²) < 4.78 is 16.3. The second-order valence-corrected chi connectivity index (χ2v) is 12.9. The van der Waals surface area contributed by atoms with Crippen LogP contribution in [0.1, 0.15) is 80.9 Å². The SMILES string of the molecule is COCOc1ccc2c(c1)CN(C(=O)OC(C)(C)C)[C@H]([C@H](O)CNC(=O)c1cc(NC3CCC3)nc(N3CCCCC3)n1)C2. The number of piperidine rings is 1. The summed E-state index contributed by atoms with van der Waals surface area (Å²) in [7, 11) is 1.55. The first-order valence-electron chi connectivity index (χ1n) is 15.7. The highest BCUT2D eigenvalue weighted by molar-refractivity contribution is 5.93. The molecular formula is C32H46N6O6. The fourth-order valence-electron chi connectivity index (χ4n) is 5.71. The third-order valence-electron chi connectivity index (χ3n) is 8.28. The van der Waals surface area contributed by atoms with Crippen molar-refractivity contribution in [1.82, 2.24) is 20.2 Å². The molecule has 1 aliphatic carbocycles. The number of fused-ring (bicyclic) bond motifs is 1. The molecule has 3 aliphatic rings. The van der Waals surface area contributed by atoms with E-state index in [-0.39, 0.29) is 25.6 Å². The Morgan fingerprint density at radius 3 is 2.52 bits per heavy atom. The van der Waals surface area contributed by atoms with Gasteiger partial charge in [-0.2, -0.15) is 4.98 Å². The molecule has 2 aliphatic heterocycles. The molecule has 1 aromatic heterocycles. The zero-order valence-electron chi connectivity index (χ0n) is 26.3. The minimum Gasteiger partial charge on any atom is -0.468 e. The van der Waals surface area contributed by atoms with Crippen molar-refractivity contribution >= 4 is 23.8 Å². The Balaban J connectivity index is 1.31. The fourth-order valence-corrected chi connectivity index (χ4v) is 5.71. The zero-order chi connectivity index (χ0) is 31.3. The number of aliphatic hydroxyl groups is 1. The molecule has 240 valence electrons. The van der Waals surface area contributed by atoms with E-state index >= 15 is 0 Å². The van der Waals surface area contributed by atoms with E-state index in [1.807, 2.05) is 18.2 Å². The van der Waals surface area contributed by atoms with Crippen molar-refractivity contribution < 1.29 is 28.9 Å². The zero-order valence-corrected chi connectivity index (χ0v) is 26.3. The van der Waals surface area contributed by atoms with Crippen LogP contribution < -0.4 is 20.3 Å². The Labute approximate surface area is 259 Å². The van der Waals surface area contributed by atoms with Gasteiger partial charge in [-0.25, -0.2) is 9.78 Å². The summed E-state index contributed by atoms with van der Waals surface area (Å²) in [6, 6.07) is 7.07. The minimum absolute atomic E-state index is 0.0679. The molecule has 0 unspecified atom stereocenters. The minimum atomic E-state index is -1.06. The number of carbonyl (C=O) groups is 2. The van der Waals surface area contributed by atoms with Gasteiger partial charge in [-0.15, -0.1) is 0 Å². The van der Waals surface area contributed by atoms with Crippen molar-refractivity contribution in [2.24, 2.45) is 0 Å². The first kappa shape index (κ1) is 31.8. The van der Waals surface area contributed by atoms with E-state index < -0.39 is 29.7 Å². The summed E-state index contributed by atoms with van der Waals surface area (Å²) in [6.07, 6.45) is 5.45. The number of carbonyl (C=O) groups excluding carboxylic acids is 2. The van der Waals surface area contributed by atoms with Gasteiger partial charge < -0.3 is 34.9 Å². The van der Waals surface area contributed by atoms with Crippen molar-refractivity contribution in [2.75, 3.05) is 43.8 Å². The molecule has 12 nitrogen and oxygen atoms in total. The van der Waals surface area contributed by atoms with Crippen LogP contribution in [0.5, 0.6) is 5.75 Å². The Morgan fingerprint density at radius 2 is 1.84 bits per heavy atom. The predicted molar refractivity (Wildman–Crippen MR) is 166 cm³/mol. The summed E-state index contributed by atoms with van der Waals surface area (Å²) in [5.41, 5.74) is 1.42. The maximum atomic E-state index is 13.4. The Morgan fingerprint density at radius 1 is 1.07 bits per heavy atom. The number of rotatable bonds is 10. The quantitative estimate of drug-likeness (QED) is 0.340. The lowest BCUT2D eigenvalue weighted by Crippen LogP contribution is -2.54. The molecule has 44 heavy (non-hydrogen) atoms. The second-order valence-electron chi connectivity index (χ2n) is 12.9. The predicted octanol–water partition coefficient (Wildman–Crippen LogP) is 3.87. The van der Waals surface area contributed by atoms with Crippen molar-refractivity contribution in [3.8, 4) is 5.75 Å². The number of ether oxygens (including phenoxy) is 3. The van der Waals surface area contributed by atoms with Gasteiger partial charge in [-0.3, -0.25) is 9.69 Å². The van der Waals surface area contributed by atoms with E-state index in [0.29, 0.717) is 30.0 Å². The van der Waals surface area contributed by atoms with E-state index in [0.717, 1.165) is 49.9 Å². The molecular weight excluding hydrogens is 564 g/mol. The van der Waals surface area contributed by atoms with Gasteiger partial charge in [0.05, 0.1) is 12.1 Å². The van der Waals surface area contributed by atoms with Gasteiger partial charge >= 0.3 is 6.09 Å². The molecule has 0 spiro atoms. The highest BCUT2D eigenvalue weighted by Gasteiger charge is 2.37. The maximum absolute atomic E-state index is 13.4. The molecule has 2 fully saturated rings. The molecule has 2 aromatic rings. The normalized spacial score (nSPS) is 19.4. The molecule has 1 saturated heterocycles. The Bertz CT molecular complexity index is 1310. The lowest BCUT2D eigenvalue weighted by Gasteiger charge is -2.40. The molecule has 3 N–H and O–H groups in total. The number of hydrogen-bond donors (Lipinski definition) is 3. The van der Waals surface area contributed by atoms with Crippen molar-refractivity contribution in [2.45, 2.75) is 96.1 Å². The van der Waals surface area contributed by atoms with Crippen LogP contribution in [0.4, 0.5) is 16.6 Å². The highest BCUT2D eigenvalue weighted by atomic mass is 16.7. The summed E-state index contributed by atoms with van der Waals surface area (Å²) in [4.78, 5) is 39.8. The molecule has 2 amide bonds. The van der Waals surface area contributed by atoms with Gasteiger partial charge in [-0.05, 0) is 89.0 Å². The lowest BCUT2D eigenvalue weighted by atomic mass is 9.91. The van der Waals surface area contributed by atoms with Crippen LogP contribution in [0.3, 0.4) is 0 Å². The van der Waals surface area contributed by atoms with Crippen LogP contribution in [-0.2, 0) is 22.4 Å². The Kier molecular flexibility index (Phi) is 10.1. The summed E-state index contributed by atoms with van der Waals surface area (Å²) in [5, 5.41) is 17.7. The van der Waals surface area contributed by atoms with Crippen LogP contribution in [0.15, 0.2) is 24.3 Å². The van der Waals surface area contributed by atoms with E-state index in [4.69, 9.17) is 19.2 Å². The third kappa shape index (κ3) is 8.09. The number of anilines is 2. The first-order chi connectivity index (χ1) is 21.1. The van der Waals surface area contributed by atoms with Crippen LogP contribution in [0, 0.1) is 0 Å². The van der Waals surface area contributed by atoms with E-state index in [1.165, 1.54) is 17.7 Å². The maximum Gasteiger partial charge on any atom is 0.410 e. The molecule has 0 radical (unpaired) electrons. The van der Waals surface area contributed by atoms with Gasteiger partial charge in [0.2, 0.25) is 5.95 Å². The van der Waals surface area contributed by atoms with Crippen LogP contribution in [-0.4, -0.2) is 89.3 Å². The number of amides is 2. The molecule has 0 bridgehead atoms. The molecule has 2 atom stereocenters. The van der Waals surface area contributed by atoms with Crippen molar-refractivity contribution in [3.63, 3.8) is 0 Å². The monoisotopic (exact) mass is 610 g/mol. The largest absolute Gasteiger partial charge is 0.468 e. The van der Waals surface area contributed by atoms with Crippen LogP contribution >= 0.6 is 0 Å². The number of methoxy groups -OCH3 is 1. The average Bonchev–Trinajstić information content (AvgIpc) is 2.99.